The number of nitrogens with two attached hydrogens (primary N) is 1. The van der Waals surface area contributed by atoms with Crippen molar-refractivity contribution >= 4 is 42.1 Å². The van der Waals surface area contributed by atoms with Gasteiger partial charge in [-0.3, -0.25) is 4.79 Å². The average Bonchev–Trinajstić information content (AvgIpc) is 3.07. The number of ether oxygens (including phenoxy) is 1. The number of anilines is 2. The Labute approximate surface area is 166 Å². The van der Waals surface area contributed by atoms with E-state index in [9.17, 15) is 9.18 Å². The second-order valence-corrected chi connectivity index (χ2v) is 6.82. The Morgan fingerprint density at radius 1 is 1.23 bits per heavy atom. The summed E-state index contributed by atoms with van der Waals surface area (Å²) in [5, 5.41) is 5.89. The van der Waals surface area contributed by atoms with E-state index in [1.807, 2.05) is 0 Å². The number of hydrogen-bond donors (Lipinski definition) is 3. The molecule has 0 bridgehead atoms. The zero-order valence-electron chi connectivity index (χ0n) is 14.7. The number of carbonyl (C=O) groups is 1. The van der Waals surface area contributed by atoms with Crippen LogP contribution in [0.4, 0.5) is 15.8 Å². The van der Waals surface area contributed by atoms with Gasteiger partial charge in [0.05, 0.1) is 11.8 Å². The molecule has 1 aliphatic carbocycles. The summed E-state index contributed by atoms with van der Waals surface area (Å²) in [5.41, 5.74) is 6.85. The Morgan fingerprint density at radius 3 is 2.69 bits per heavy atom. The zero-order chi connectivity index (χ0) is 16.9. The first-order valence-electron chi connectivity index (χ1n) is 8.83. The van der Waals surface area contributed by atoms with Crippen molar-refractivity contribution < 1.29 is 13.9 Å². The van der Waals surface area contributed by atoms with Gasteiger partial charge in [0.2, 0.25) is 5.91 Å². The smallest absolute Gasteiger partial charge is 0.227 e. The molecule has 148 valence electrons. The molecule has 1 aromatic carbocycles. The minimum absolute atomic E-state index is 0. The van der Waals surface area contributed by atoms with E-state index in [0.717, 1.165) is 38.7 Å². The molecule has 1 heterocycles. The van der Waals surface area contributed by atoms with Gasteiger partial charge < -0.3 is 21.1 Å². The van der Waals surface area contributed by atoms with Crippen LogP contribution in [0.2, 0.25) is 0 Å². The zero-order valence-corrected chi connectivity index (χ0v) is 16.3. The number of carbonyl (C=O) groups excluding carboxylic acids is 1. The van der Waals surface area contributed by atoms with Gasteiger partial charge in [0.25, 0.3) is 0 Å². The van der Waals surface area contributed by atoms with E-state index >= 15 is 0 Å². The molecule has 1 aromatic rings. The van der Waals surface area contributed by atoms with Gasteiger partial charge in [0.1, 0.15) is 5.82 Å². The molecular formula is C18H28Cl2FN3O2. The molecule has 8 heteroatoms. The first-order chi connectivity index (χ1) is 11.6. The third-order valence-electron chi connectivity index (χ3n) is 4.87. The van der Waals surface area contributed by atoms with Gasteiger partial charge in [-0.1, -0.05) is 6.42 Å². The second-order valence-electron chi connectivity index (χ2n) is 6.82. The van der Waals surface area contributed by atoms with Crippen molar-refractivity contribution in [2.24, 2.45) is 11.7 Å². The number of rotatable bonds is 5. The maximum Gasteiger partial charge on any atom is 0.227 e. The van der Waals surface area contributed by atoms with Gasteiger partial charge in [0, 0.05) is 30.8 Å². The Morgan fingerprint density at radius 2 is 2.04 bits per heavy atom. The van der Waals surface area contributed by atoms with Crippen molar-refractivity contribution in [2.45, 2.75) is 50.7 Å². The lowest BCUT2D eigenvalue weighted by Crippen LogP contribution is -2.34. The number of halogens is 3. The minimum atomic E-state index is -0.369. The van der Waals surface area contributed by atoms with E-state index in [4.69, 9.17) is 10.5 Å². The van der Waals surface area contributed by atoms with E-state index in [2.05, 4.69) is 10.6 Å². The number of amides is 1. The molecule has 0 radical (unpaired) electrons. The molecule has 0 spiro atoms. The predicted molar refractivity (Wildman–Crippen MR) is 107 cm³/mol. The molecule has 26 heavy (non-hydrogen) atoms. The third-order valence-corrected chi connectivity index (χ3v) is 4.87. The van der Waals surface area contributed by atoms with Crippen LogP contribution in [0.5, 0.6) is 0 Å². The standard InChI is InChI=1S/C18H26FN3O2.2ClH/c19-16-10-14(22-18(23)12-3-1-4-13(20)9-12)6-7-17(16)21-11-15-5-2-8-24-15;;/h6-7,10,12-13,15,21H,1-5,8-9,11,20H2,(H,22,23);2*1H. The maximum absolute atomic E-state index is 14.2. The number of nitrogens with one attached hydrogen (secondary N) is 2. The van der Waals surface area contributed by atoms with Crippen molar-refractivity contribution in [2.75, 3.05) is 23.8 Å². The Balaban J connectivity index is 0.00000169. The van der Waals surface area contributed by atoms with Crippen molar-refractivity contribution in [3.63, 3.8) is 0 Å². The van der Waals surface area contributed by atoms with Gasteiger partial charge >= 0.3 is 0 Å². The van der Waals surface area contributed by atoms with E-state index in [-0.39, 0.29) is 54.6 Å². The number of benzene rings is 1. The fraction of sp³-hybridized carbons (Fsp3) is 0.611. The molecule has 1 saturated heterocycles. The molecule has 4 N–H and O–H groups in total. The van der Waals surface area contributed by atoms with Crippen LogP contribution < -0.4 is 16.4 Å². The van der Waals surface area contributed by atoms with E-state index < -0.39 is 0 Å². The van der Waals surface area contributed by atoms with Crippen LogP contribution in [-0.4, -0.2) is 31.2 Å². The van der Waals surface area contributed by atoms with Crippen LogP contribution >= 0.6 is 24.8 Å². The molecule has 3 unspecified atom stereocenters. The lowest BCUT2D eigenvalue weighted by atomic mass is 9.85. The van der Waals surface area contributed by atoms with Gasteiger partial charge in [-0.15, -0.1) is 24.8 Å². The monoisotopic (exact) mass is 407 g/mol. The first-order valence-corrected chi connectivity index (χ1v) is 8.83. The summed E-state index contributed by atoms with van der Waals surface area (Å²) >= 11 is 0. The second kappa shape index (κ2) is 10.9. The normalized spacial score (nSPS) is 24.9. The van der Waals surface area contributed by atoms with Gasteiger partial charge in [-0.05, 0) is 50.3 Å². The van der Waals surface area contributed by atoms with Crippen LogP contribution in [0.3, 0.4) is 0 Å². The largest absolute Gasteiger partial charge is 0.380 e. The molecular weight excluding hydrogens is 380 g/mol. The van der Waals surface area contributed by atoms with E-state index in [1.54, 1.807) is 12.1 Å². The SMILES string of the molecule is Cl.Cl.NC1CCCC(C(=O)Nc2ccc(NCC3CCCO3)c(F)c2)C1. The Kier molecular flexibility index (Phi) is 9.64. The molecule has 2 aliphatic rings. The fourth-order valence-electron chi connectivity index (χ4n) is 3.48. The molecule has 1 saturated carbocycles. The van der Waals surface area contributed by atoms with E-state index in [0.29, 0.717) is 24.3 Å². The van der Waals surface area contributed by atoms with Crippen LogP contribution in [-0.2, 0) is 9.53 Å². The van der Waals surface area contributed by atoms with Crippen LogP contribution in [0.15, 0.2) is 18.2 Å². The summed E-state index contributed by atoms with van der Waals surface area (Å²) in [4.78, 5) is 12.3. The molecule has 3 atom stereocenters. The minimum Gasteiger partial charge on any atom is -0.380 e. The van der Waals surface area contributed by atoms with E-state index in [1.165, 1.54) is 6.07 Å². The summed E-state index contributed by atoms with van der Waals surface area (Å²) < 4.78 is 19.7. The molecule has 1 aliphatic heterocycles. The Hall–Kier alpha value is -1.08. The third kappa shape index (κ3) is 6.27. The van der Waals surface area contributed by atoms with Gasteiger partial charge in [-0.25, -0.2) is 4.39 Å². The highest BCUT2D eigenvalue weighted by atomic mass is 35.5. The van der Waals surface area contributed by atoms with Crippen LogP contribution in [0.1, 0.15) is 38.5 Å². The summed E-state index contributed by atoms with van der Waals surface area (Å²) in [7, 11) is 0. The van der Waals surface area contributed by atoms with Crippen molar-refractivity contribution in [3.8, 4) is 0 Å². The lowest BCUT2D eigenvalue weighted by molar-refractivity contribution is -0.120. The van der Waals surface area contributed by atoms with Gasteiger partial charge in [-0.2, -0.15) is 0 Å². The molecule has 0 aromatic heterocycles. The topological polar surface area (TPSA) is 76.4 Å². The quantitative estimate of drug-likeness (QED) is 0.694. The maximum atomic E-state index is 14.2. The summed E-state index contributed by atoms with van der Waals surface area (Å²) in [6.45, 7) is 1.38. The summed E-state index contributed by atoms with van der Waals surface area (Å²) in [5.74, 6) is -0.509. The van der Waals surface area contributed by atoms with Crippen molar-refractivity contribution in [1.29, 1.82) is 0 Å². The molecule has 1 amide bonds. The molecule has 2 fully saturated rings. The lowest BCUT2D eigenvalue weighted by Gasteiger charge is -2.25. The summed E-state index contributed by atoms with van der Waals surface area (Å²) in [6.07, 6.45) is 5.72. The molecule has 5 nitrogen and oxygen atoms in total. The predicted octanol–water partition coefficient (Wildman–Crippen LogP) is 3.72. The highest BCUT2D eigenvalue weighted by molar-refractivity contribution is 5.92. The number of hydrogen-bond acceptors (Lipinski definition) is 4. The summed E-state index contributed by atoms with van der Waals surface area (Å²) in [6, 6.07) is 4.84. The molecule has 3 rings (SSSR count). The fourth-order valence-corrected chi connectivity index (χ4v) is 3.48. The van der Waals surface area contributed by atoms with Gasteiger partial charge in [0.15, 0.2) is 0 Å². The first kappa shape index (κ1) is 23.0. The van der Waals surface area contributed by atoms with Crippen molar-refractivity contribution in [3.05, 3.63) is 24.0 Å². The Bertz CT molecular complexity index is 586. The van der Waals surface area contributed by atoms with Crippen molar-refractivity contribution in [1.82, 2.24) is 0 Å². The highest BCUT2D eigenvalue weighted by Gasteiger charge is 2.25. The van der Waals surface area contributed by atoms with Crippen LogP contribution in [0, 0.1) is 11.7 Å². The highest BCUT2D eigenvalue weighted by Crippen LogP contribution is 2.26. The average molecular weight is 408 g/mol. The van der Waals surface area contributed by atoms with Crippen LogP contribution in [0.25, 0.3) is 0 Å².